The van der Waals surface area contributed by atoms with E-state index in [1.54, 1.807) is 6.08 Å². The molecule has 1 unspecified atom stereocenters. The molecular formula is C44H71NO6. The molecule has 0 aliphatic heterocycles. The molecule has 0 heterocycles. The lowest BCUT2D eigenvalue weighted by atomic mass is 9.73. The van der Waals surface area contributed by atoms with E-state index in [0.29, 0.717) is 50.7 Å². The average molecular weight is 710 g/mol. The predicted molar refractivity (Wildman–Crippen MR) is 211 cm³/mol. The molecule has 7 heteroatoms. The van der Waals surface area contributed by atoms with Crippen LogP contribution in [0.2, 0.25) is 0 Å². The molecule has 0 saturated heterocycles. The largest absolute Gasteiger partial charge is 0.462 e. The Bertz CT molecular complexity index is 1080. The Balaban J connectivity index is 2.40. The molecule has 1 fully saturated rings. The second-order valence-electron chi connectivity index (χ2n) is 14.0. The van der Waals surface area contributed by atoms with Gasteiger partial charge in [-0.1, -0.05) is 119 Å². The van der Waals surface area contributed by atoms with E-state index in [1.807, 2.05) is 36.5 Å². The summed E-state index contributed by atoms with van der Waals surface area (Å²) in [6, 6.07) is 0. The standard InChI is InChI=1S/C44H71NO6/c1-5-7-9-11-13-21-27-33-49-42(46)31-25-19-15-17-23-29-41(51-44(48)37-39-35-40(36-39)38-45(3)4)30-24-18-16-20-26-32-43(47)50-34-28-22-14-12-10-8-6-2/h15,17-18,20-22,24-28,31,39-41H,5-14,16,19,23,29-30,32-38H2,1-4H3/b17-15-,24-18-,26-20-,27-21-,28-22-,31-25-. The van der Waals surface area contributed by atoms with Gasteiger partial charge in [0.15, 0.2) is 0 Å². The van der Waals surface area contributed by atoms with E-state index in [0.717, 1.165) is 45.1 Å². The van der Waals surface area contributed by atoms with Crippen LogP contribution in [0.5, 0.6) is 0 Å². The first-order chi connectivity index (χ1) is 24.8. The van der Waals surface area contributed by atoms with Gasteiger partial charge in [0.25, 0.3) is 0 Å². The van der Waals surface area contributed by atoms with Crippen LogP contribution in [0, 0.1) is 11.8 Å². The number of allylic oxidation sites excluding steroid dienone is 7. The fourth-order valence-electron chi connectivity index (χ4n) is 5.97. The number of hydrogen-bond donors (Lipinski definition) is 0. The monoisotopic (exact) mass is 710 g/mol. The van der Waals surface area contributed by atoms with Gasteiger partial charge in [0.1, 0.15) is 19.3 Å². The molecule has 1 aliphatic rings. The SMILES string of the molecule is CCCCCC/C=C\COC(=O)/C=C\C/C=C\CCC(C/C=C\C/C=C\CC(=O)OC/C=C\CCCCCC)OC(=O)CC1CC(CN(C)C)C1. The first kappa shape index (κ1) is 45.8. The first-order valence-corrected chi connectivity index (χ1v) is 19.9. The van der Waals surface area contributed by atoms with Crippen molar-refractivity contribution in [3.63, 3.8) is 0 Å². The van der Waals surface area contributed by atoms with E-state index in [-0.39, 0.29) is 30.4 Å². The van der Waals surface area contributed by atoms with Gasteiger partial charge in [-0.05, 0) is 90.1 Å². The van der Waals surface area contributed by atoms with Crippen LogP contribution in [0.1, 0.15) is 136 Å². The van der Waals surface area contributed by atoms with Crippen molar-refractivity contribution in [2.45, 2.75) is 142 Å². The summed E-state index contributed by atoms with van der Waals surface area (Å²) in [7, 11) is 4.18. The van der Waals surface area contributed by atoms with Gasteiger partial charge in [-0.2, -0.15) is 0 Å². The zero-order valence-electron chi connectivity index (χ0n) is 32.6. The number of unbranched alkanes of at least 4 members (excludes halogenated alkanes) is 8. The summed E-state index contributed by atoms with van der Waals surface area (Å²) >= 11 is 0. The second-order valence-corrected chi connectivity index (χ2v) is 14.0. The van der Waals surface area contributed by atoms with Gasteiger partial charge in [-0.15, -0.1) is 0 Å². The van der Waals surface area contributed by atoms with Crippen LogP contribution >= 0.6 is 0 Å². The van der Waals surface area contributed by atoms with Crippen LogP contribution in [0.15, 0.2) is 72.9 Å². The normalized spacial score (nSPS) is 17.1. The number of carbonyl (C=O) groups excluding carboxylic acids is 3. The third-order valence-corrected chi connectivity index (χ3v) is 8.79. The molecule has 1 rings (SSSR count). The zero-order chi connectivity index (χ0) is 37.2. The molecule has 1 saturated carbocycles. The molecular weight excluding hydrogens is 638 g/mol. The number of nitrogens with zero attached hydrogens (tertiary/aromatic N) is 1. The Morgan fingerprint density at radius 1 is 0.647 bits per heavy atom. The summed E-state index contributed by atoms with van der Waals surface area (Å²) < 4.78 is 16.4. The summed E-state index contributed by atoms with van der Waals surface area (Å²) in [4.78, 5) is 38.9. The van der Waals surface area contributed by atoms with Gasteiger partial charge in [-0.3, -0.25) is 9.59 Å². The molecule has 7 nitrogen and oxygen atoms in total. The number of carbonyl (C=O) groups is 3. The van der Waals surface area contributed by atoms with Crippen molar-refractivity contribution in [2.24, 2.45) is 11.8 Å². The molecule has 0 aromatic carbocycles. The lowest BCUT2D eigenvalue weighted by molar-refractivity contribution is -0.151. The molecule has 0 bridgehead atoms. The van der Waals surface area contributed by atoms with Gasteiger partial charge in [0.05, 0.1) is 6.42 Å². The second kappa shape index (κ2) is 32.7. The van der Waals surface area contributed by atoms with E-state index in [9.17, 15) is 14.4 Å². The van der Waals surface area contributed by atoms with Crippen LogP contribution < -0.4 is 0 Å². The lowest BCUT2D eigenvalue weighted by Gasteiger charge is -2.36. The highest BCUT2D eigenvalue weighted by molar-refractivity contribution is 5.81. The quantitative estimate of drug-likeness (QED) is 0.0233. The smallest absolute Gasteiger partial charge is 0.330 e. The molecule has 288 valence electrons. The summed E-state index contributed by atoms with van der Waals surface area (Å²) in [6.45, 7) is 6.12. The van der Waals surface area contributed by atoms with Crippen molar-refractivity contribution in [1.82, 2.24) is 4.90 Å². The minimum atomic E-state index is -0.330. The Hall–Kier alpha value is -3.19. The fourth-order valence-corrected chi connectivity index (χ4v) is 5.97. The van der Waals surface area contributed by atoms with E-state index in [2.05, 4.69) is 57.1 Å². The number of rotatable bonds is 31. The van der Waals surface area contributed by atoms with Crippen molar-refractivity contribution < 1.29 is 28.6 Å². The molecule has 0 aromatic heterocycles. The van der Waals surface area contributed by atoms with E-state index < -0.39 is 0 Å². The molecule has 0 N–H and O–H groups in total. The maximum Gasteiger partial charge on any atom is 0.330 e. The summed E-state index contributed by atoms with van der Waals surface area (Å²) in [6.07, 6.45) is 41.4. The van der Waals surface area contributed by atoms with E-state index in [1.165, 1.54) is 57.4 Å². The van der Waals surface area contributed by atoms with Gasteiger partial charge in [0.2, 0.25) is 0 Å². The molecule has 0 amide bonds. The van der Waals surface area contributed by atoms with Gasteiger partial charge < -0.3 is 19.1 Å². The van der Waals surface area contributed by atoms with Crippen molar-refractivity contribution in [3.8, 4) is 0 Å². The lowest BCUT2D eigenvalue weighted by Crippen LogP contribution is -2.34. The molecule has 1 atom stereocenters. The molecule has 51 heavy (non-hydrogen) atoms. The highest BCUT2D eigenvalue weighted by Crippen LogP contribution is 2.36. The van der Waals surface area contributed by atoms with Crippen molar-refractivity contribution in [2.75, 3.05) is 33.9 Å². The highest BCUT2D eigenvalue weighted by Gasteiger charge is 2.31. The minimum Gasteiger partial charge on any atom is -0.462 e. The minimum absolute atomic E-state index is 0.108. The topological polar surface area (TPSA) is 82.1 Å². The van der Waals surface area contributed by atoms with Crippen molar-refractivity contribution >= 4 is 17.9 Å². The van der Waals surface area contributed by atoms with Crippen LogP contribution in [-0.4, -0.2) is 62.8 Å². The first-order valence-electron chi connectivity index (χ1n) is 19.9. The van der Waals surface area contributed by atoms with Crippen molar-refractivity contribution in [1.29, 1.82) is 0 Å². The number of esters is 3. The van der Waals surface area contributed by atoms with Gasteiger partial charge in [0, 0.05) is 25.5 Å². The van der Waals surface area contributed by atoms with E-state index >= 15 is 0 Å². The molecule has 0 aromatic rings. The average Bonchev–Trinajstić information content (AvgIpc) is 3.08. The van der Waals surface area contributed by atoms with Crippen LogP contribution in [-0.2, 0) is 28.6 Å². The Labute approximate surface area is 311 Å². The summed E-state index contributed by atoms with van der Waals surface area (Å²) in [5.74, 6) is 0.437. The number of hydrogen-bond acceptors (Lipinski definition) is 7. The van der Waals surface area contributed by atoms with Gasteiger partial charge >= 0.3 is 17.9 Å². The Morgan fingerprint density at radius 3 is 1.92 bits per heavy atom. The van der Waals surface area contributed by atoms with Crippen molar-refractivity contribution in [3.05, 3.63) is 72.9 Å². The third kappa shape index (κ3) is 29.1. The summed E-state index contributed by atoms with van der Waals surface area (Å²) in [5, 5.41) is 0. The Morgan fingerprint density at radius 2 is 1.25 bits per heavy atom. The van der Waals surface area contributed by atoms with Crippen LogP contribution in [0.3, 0.4) is 0 Å². The summed E-state index contributed by atoms with van der Waals surface area (Å²) in [5.41, 5.74) is 0. The molecule has 1 aliphatic carbocycles. The molecule has 0 radical (unpaired) electrons. The Kier molecular flexibility index (Phi) is 29.4. The van der Waals surface area contributed by atoms with Crippen LogP contribution in [0.4, 0.5) is 0 Å². The highest BCUT2D eigenvalue weighted by atomic mass is 16.5. The molecule has 0 spiro atoms. The van der Waals surface area contributed by atoms with Gasteiger partial charge in [-0.25, -0.2) is 4.79 Å². The van der Waals surface area contributed by atoms with E-state index in [4.69, 9.17) is 14.2 Å². The van der Waals surface area contributed by atoms with Crippen LogP contribution in [0.25, 0.3) is 0 Å². The third-order valence-electron chi connectivity index (χ3n) is 8.79. The maximum absolute atomic E-state index is 12.8. The predicted octanol–water partition coefficient (Wildman–Crippen LogP) is 10.6. The fraction of sp³-hybridized carbons (Fsp3) is 0.659. The zero-order valence-corrected chi connectivity index (χ0v) is 32.6. The maximum atomic E-state index is 12.8. The number of ether oxygens (including phenoxy) is 3.